The van der Waals surface area contributed by atoms with Crippen LogP contribution >= 0.6 is 0 Å². The molecule has 0 bridgehead atoms. The number of carbonyl (C=O) groups excluding carboxylic acids is 1. The van der Waals surface area contributed by atoms with Crippen LogP contribution in [0.5, 0.6) is 0 Å². The molecule has 0 aliphatic rings. The highest BCUT2D eigenvalue weighted by molar-refractivity contribution is 5.94. The molecule has 0 atom stereocenters. The number of carbonyl (C=O) groups is 1. The summed E-state index contributed by atoms with van der Waals surface area (Å²) in [5, 5.41) is 3.87. The zero-order valence-electron chi connectivity index (χ0n) is 7.65. The van der Waals surface area contributed by atoms with Crippen molar-refractivity contribution in [1.29, 1.82) is 0 Å². The lowest BCUT2D eigenvalue weighted by atomic mass is 10.3. The fourth-order valence-electron chi connectivity index (χ4n) is 0.971. The number of hydrogen-bond acceptors (Lipinski definition) is 4. The first-order valence-electron chi connectivity index (χ1n) is 3.86. The summed E-state index contributed by atoms with van der Waals surface area (Å²) in [5.74, 6) is 0.0106. The Morgan fingerprint density at radius 2 is 2.54 bits per heavy atom. The van der Waals surface area contributed by atoms with Crippen LogP contribution in [0.4, 0.5) is 5.82 Å². The molecule has 0 aromatic carbocycles. The molecule has 0 spiro atoms. The van der Waals surface area contributed by atoms with E-state index < -0.39 is 5.97 Å². The Bertz CT molecular complexity index is 330. The molecule has 0 amide bonds. The number of aromatic nitrogens is 2. The SMILES string of the molecule is C=Nc1c(C(=O)OCC)cnn1C. The molecule has 0 aliphatic carbocycles. The fraction of sp³-hybridized carbons (Fsp3) is 0.375. The van der Waals surface area contributed by atoms with Crippen LogP contribution in [0.3, 0.4) is 0 Å². The van der Waals surface area contributed by atoms with Crippen LogP contribution in [0, 0.1) is 0 Å². The molecule has 13 heavy (non-hydrogen) atoms. The summed E-state index contributed by atoms with van der Waals surface area (Å²) in [6.07, 6.45) is 1.42. The number of esters is 1. The third-order valence-corrected chi connectivity index (χ3v) is 1.55. The average Bonchev–Trinajstić information content (AvgIpc) is 2.47. The predicted molar refractivity (Wildman–Crippen MR) is 48.4 cm³/mol. The number of nitrogens with zero attached hydrogens (tertiary/aromatic N) is 3. The molecule has 0 aliphatic heterocycles. The molecule has 0 N–H and O–H groups in total. The van der Waals surface area contributed by atoms with Gasteiger partial charge in [-0.15, -0.1) is 0 Å². The summed E-state index contributed by atoms with van der Waals surface area (Å²) in [6.45, 7) is 5.43. The maximum atomic E-state index is 11.3. The second-order valence-electron chi connectivity index (χ2n) is 2.38. The number of rotatable bonds is 3. The Kier molecular flexibility index (Phi) is 2.79. The van der Waals surface area contributed by atoms with Gasteiger partial charge in [0.1, 0.15) is 5.56 Å². The number of ether oxygens (including phenoxy) is 1. The minimum atomic E-state index is -0.419. The Hall–Kier alpha value is -1.65. The van der Waals surface area contributed by atoms with Crippen molar-refractivity contribution >= 4 is 18.5 Å². The fourth-order valence-corrected chi connectivity index (χ4v) is 0.971. The molecule has 1 aromatic heterocycles. The number of aliphatic imine (C=N–C) groups is 1. The first-order chi connectivity index (χ1) is 6.20. The summed E-state index contributed by atoms with van der Waals surface area (Å²) in [4.78, 5) is 15.0. The number of aryl methyl sites for hydroxylation is 1. The first-order valence-corrected chi connectivity index (χ1v) is 3.86. The van der Waals surface area contributed by atoms with Gasteiger partial charge in [-0.25, -0.2) is 9.79 Å². The first kappa shape index (κ1) is 9.44. The monoisotopic (exact) mass is 181 g/mol. The molecule has 0 saturated carbocycles. The topological polar surface area (TPSA) is 56.5 Å². The highest BCUT2D eigenvalue weighted by Crippen LogP contribution is 2.17. The van der Waals surface area contributed by atoms with Crippen LogP contribution in [0.1, 0.15) is 17.3 Å². The summed E-state index contributed by atoms with van der Waals surface area (Å²) >= 11 is 0. The van der Waals surface area contributed by atoms with Crippen molar-refractivity contribution in [2.24, 2.45) is 12.0 Å². The highest BCUT2D eigenvalue weighted by atomic mass is 16.5. The standard InChI is InChI=1S/C8H11N3O2/c1-4-13-8(12)6-5-10-11(3)7(6)9-2/h5H,2,4H2,1,3H3. The molecular formula is C8H11N3O2. The molecule has 5 heteroatoms. The Morgan fingerprint density at radius 1 is 1.85 bits per heavy atom. The maximum Gasteiger partial charge on any atom is 0.343 e. The van der Waals surface area contributed by atoms with Gasteiger partial charge in [0, 0.05) is 7.05 Å². The van der Waals surface area contributed by atoms with Crippen molar-refractivity contribution in [2.45, 2.75) is 6.92 Å². The molecule has 1 aromatic rings. The lowest BCUT2D eigenvalue weighted by Gasteiger charge is -1.99. The van der Waals surface area contributed by atoms with Gasteiger partial charge in [-0.05, 0) is 13.6 Å². The lowest BCUT2D eigenvalue weighted by molar-refractivity contribution is 0.0527. The molecule has 0 fully saturated rings. The smallest absolute Gasteiger partial charge is 0.343 e. The van der Waals surface area contributed by atoms with E-state index in [1.165, 1.54) is 10.9 Å². The second-order valence-corrected chi connectivity index (χ2v) is 2.38. The summed E-state index contributed by atoms with van der Waals surface area (Å²) in [5.41, 5.74) is 0.347. The van der Waals surface area contributed by atoms with Crippen LogP contribution in [-0.4, -0.2) is 29.1 Å². The van der Waals surface area contributed by atoms with Gasteiger partial charge in [0.15, 0.2) is 5.82 Å². The highest BCUT2D eigenvalue weighted by Gasteiger charge is 2.15. The van der Waals surface area contributed by atoms with E-state index in [2.05, 4.69) is 16.8 Å². The molecule has 1 heterocycles. The quantitative estimate of drug-likeness (QED) is 0.514. The maximum absolute atomic E-state index is 11.3. The minimum absolute atomic E-state index is 0.338. The second kappa shape index (κ2) is 3.84. The van der Waals surface area contributed by atoms with E-state index in [0.29, 0.717) is 18.0 Å². The van der Waals surface area contributed by atoms with Crippen molar-refractivity contribution in [1.82, 2.24) is 9.78 Å². The van der Waals surface area contributed by atoms with Crippen molar-refractivity contribution < 1.29 is 9.53 Å². The normalized spacial score (nSPS) is 9.69. The van der Waals surface area contributed by atoms with E-state index in [4.69, 9.17) is 4.74 Å². The van der Waals surface area contributed by atoms with E-state index in [1.54, 1.807) is 14.0 Å². The zero-order valence-corrected chi connectivity index (χ0v) is 7.65. The van der Waals surface area contributed by atoms with Gasteiger partial charge in [0.05, 0.1) is 12.8 Å². The summed E-state index contributed by atoms with van der Waals surface area (Å²) in [7, 11) is 1.69. The minimum Gasteiger partial charge on any atom is -0.462 e. The van der Waals surface area contributed by atoms with Gasteiger partial charge in [-0.3, -0.25) is 4.68 Å². The Labute approximate surface area is 76.0 Å². The van der Waals surface area contributed by atoms with E-state index in [0.717, 1.165) is 0 Å². The van der Waals surface area contributed by atoms with Crippen LogP contribution in [-0.2, 0) is 11.8 Å². The van der Waals surface area contributed by atoms with Gasteiger partial charge in [0.25, 0.3) is 0 Å². The average molecular weight is 181 g/mol. The van der Waals surface area contributed by atoms with Gasteiger partial charge in [-0.2, -0.15) is 5.10 Å². The molecule has 0 saturated heterocycles. The predicted octanol–water partition coefficient (Wildman–Crippen LogP) is 0.929. The molecule has 0 unspecified atom stereocenters. The van der Waals surface area contributed by atoms with Crippen LogP contribution in [0.15, 0.2) is 11.2 Å². The van der Waals surface area contributed by atoms with Crippen LogP contribution in [0.25, 0.3) is 0 Å². The van der Waals surface area contributed by atoms with Gasteiger partial charge < -0.3 is 4.74 Å². The van der Waals surface area contributed by atoms with Crippen LogP contribution < -0.4 is 0 Å². The van der Waals surface area contributed by atoms with Crippen LogP contribution in [0.2, 0.25) is 0 Å². The van der Waals surface area contributed by atoms with E-state index in [9.17, 15) is 4.79 Å². The van der Waals surface area contributed by atoms with Crippen molar-refractivity contribution in [3.63, 3.8) is 0 Å². The van der Waals surface area contributed by atoms with E-state index >= 15 is 0 Å². The van der Waals surface area contributed by atoms with Gasteiger partial charge in [-0.1, -0.05) is 0 Å². The van der Waals surface area contributed by atoms with E-state index in [-0.39, 0.29) is 0 Å². The third-order valence-electron chi connectivity index (χ3n) is 1.55. The zero-order chi connectivity index (χ0) is 9.84. The van der Waals surface area contributed by atoms with Crippen molar-refractivity contribution in [2.75, 3.05) is 6.61 Å². The lowest BCUT2D eigenvalue weighted by Crippen LogP contribution is -2.03. The molecule has 1 rings (SSSR count). The Balaban J connectivity index is 3.00. The van der Waals surface area contributed by atoms with E-state index in [1.807, 2.05) is 0 Å². The summed E-state index contributed by atoms with van der Waals surface area (Å²) < 4.78 is 6.28. The number of hydrogen-bond donors (Lipinski definition) is 0. The van der Waals surface area contributed by atoms with Crippen molar-refractivity contribution in [3.8, 4) is 0 Å². The summed E-state index contributed by atoms with van der Waals surface area (Å²) in [6, 6.07) is 0. The third kappa shape index (κ3) is 1.74. The van der Waals surface area contributed by atoms with Gasteiger partial charge in [0.2, 0.25) is 0 Å². The van der Waals surface area contributed by atoms with Gasteiger partial charge >= 0.3 is 5.97 Å². The molecular weight excluding hydrogens is 170 g/mol. The molecule has 70 valence electrons. The largest absolute Gasteiger partial charge is 0.462 e. The van der Waals surface area contributed by atoms with Crippen molar-refractivity contribution in [3.05, 3.63) is 11.8 Å². The Morgan fingerprint density at radius 3 is 3.08 bits per heavy atom. The molecule has 5 nitrogen and oxygen atoms in total. The molecule has 0 radical (unpaired) electrons.